The van der Waals surface area contributed by atoms with Gasteiger partial charge >= 0.3 is 5.63 Å². The summed E-state index contributed by atoms with van der Waals surface area (Å²) in [6.07, 6.45) is 0. The zero-order chi connectivity index (χ0) is 16.6. The first-order chi connectivity index (χ1) is 10.9. The van der Waals surface area contributed by atoms with Gasteiger partial charge in [0, 0.05) is 53.4 Å². The zero-order valence-corrected chi connectivity index (χ0v) is 14.7. The fourth-order valence-corrected chi connectivity index (χ4v) is 4.62. The van der Waals surface area contributed by atoms with Gasteiger partial charge in [-0.2, -0.15) is 0 Å². The maximum atomic E-state index is 12.0. The number of aryl methyl sites for hydroxylation is 2. The fourth-order valence-electron chi connectivity index (χ4n) is 3.26. The smallest absolute Gasteiger partial charge is 0.336 e. The van der Waals surface area contributed by atoms with E-state index < -0.39 is 10.8 Å². The Balaban J connectivity index is 1.98. The summed E-state index contributed by atoms with van der Waals surface area (Å²) in [6.45, 7) is 8.57. The van der Waals surface area contributed by atoms with Crippen LogP contribution in [0.15, 0.2) is 27.4 Å². The van der Waals surface area contributed by atoms with E-state index in [9.17, 15) is 9.00 Å². The molecular formula is C18H23NO3S. The molecule has 1 aromatic carbocycles. The second-order valence-electron chi connectivity index (χ2n) is 6.63. The molecule has 0 bridgehead atoms. The van der Waals surface area contributed by atoms with Crippen molar-refractivity contribution in [3.63, 3.8) is 0 Å². The Morgan fingerprint density at radius 1 is 1.35 bits per heavy atom. The molecular weight excluding hydrogens is 310 g/mol. The van der Waals surface area contributed by atoms with E-state index in [4.69, 9.17) is 4.42 Å². The minimum atomic E-state index is -0.727. The minimum Gasteiger partial charge on any atom is -0.422 e. The summed E-state index contributed by atoms with van der Waals surface area (Å²) >= 11 is 0. The molecule has 23 heavy (non-hydrogen) atoms. The first kappa shape index (κ1) is 16.4. The van der Waals surface area contributed by atoms with Crippen LogP contribution >= 0.6 is 0 Å². The standard InChI is InChI=1S/C18H23NO3S/c1-12-9-19(6-7-23(21)11-12)10-15-8-17(20)22-18-14(3)13(2)4-5-16(15)18/h4-5,8,12H,6-7,9-11H2,1-3H3/t12-,23-/m1/s1. The summed E-state index contributed by atoms with van der Waals surface area (Å²) in [6, 6.07) is 5.71. The third-order valence-corrected chi connectivity index (χ3v) is 6.17. The maximum Gasteiger partial charge on any atom is 0.336 e. The van der Waals surface area contributed by atoms with Gasteiger partial charge in [0.05, 0.1) is 0 Å². The molecule has 0 N–H and O–H groups in total. The summed E-state index contributed by atoms with van der Waals surface area (Å²) in [5.74, 6) is 1.89. The van der Waals surface area contributed by atoms with Crippen molar-refractivity contribution in [3.05, 3.63) is 45.3 Å². The van der Waals surface area contributed by atoms with Crippen LogP contribution in [-0.2, 0) is 17.3 Å². The van der Waals surface area contributed by atoms with Crippen LogP contribution in [0.5, 0.6) is 0 Å². The molecule has 4 nitrogen and oxygen atoms in total. The van der Waals surface area contributed by atoms with E-state index in [-0.39, 0.29) is 5.63 Å². The lowest BCUT2D eigenvalue weighted by molar-refractivity contribution is 0.257. The van der Waals surface area contributed by atoms with Crippen LogP contribution in [0.2, 0.25) is 0 Å². The molecule has 2 atom stereocenters. The Kier molecular flexibility index (Phi) is 4.69. The van der Waals surface area contributed by atoms with Crippen LogP contribution in [0.1, 0.15) is 23.6 Å². The van der Waals surface area contributed by atoms with E-state index >= 15 is 0 Å². The molecule has 124 valence electrons. The minimum absolute atomic E-state index is 0.298. The van der Waals surface area contributed by atoms with E-state index in [1.54, 1.807) is 6.07 Å². The Labute approximate surface area is 138 Å². The van der Waals surface area contributed by atoms with Crippen LogP contribution in [0, 0.1) is 19.8 Å². The van der Waals surface area contributed by atoms with Gasteiger partial charge in [0.25, 0.3) is 0 Å². The number of benzene rings is 1. The first-order valence-electron chi connectivity index (χ1n) is 8.04. The van der Waals surface area contributed by atoms with Gasteiger partial charge in [-0.25, -0.2) is 4.79 Å². The summed E-state index contributed by atoms with van der Waals surface area (Å²) in [7, 11) is -0.727. The van der Waals surface area contributed by atoms with Gasteiger partial charge < -0.3 is 4.42 Å². The molecule has 0 unspecified atom stereocenters. The molecule has 1 saturated heterocycles. The van der Waals surface area contributed by atoms with Crippen LogP contribution in [-0.4, -0.2) is 33.7 Å². The van der Waals surface area contributed by atoms with E-state index in [1.165, 1.54) is 0 Å². The monoisotopic (exact) mass is 333 g/mol. The summed E-state index contributed by atoms with van der Waals surface area (Å²) in [4.78, 5) is 14.3. The first-order valence-corrected chi connectivity index (χ1v) is 9.53. The molecule has 2 aromatic rings. The van der Waals surface area contributed by atoms with Gasteiger partial charge in [0.15, 0.2) is 0 Å². The van der Waals surface area contributed by atoms with Crippen molar-refractivity contribution in [1.29, 1.82) is 0 Å². The van der Waals surface area contributed by atoms with Crippen molar-refractivity contribution in [3.8, 4) is 0 Å². The van der Waals surface area contributed by atoms with Crippen molar-refractivity contribution in [2.45, 2.75) is 27.3 Å². The number of rotatable bonds is 2. The van der Waals surface area contributed by atoms with Crippen molar-refractivity contribution in [2.75, 3.05) is 24.6 Å². The van der Waals surface area contributed by atoms with E-state index in [0.717, 1.165) is 40.9 Å². The number of hydrogen-bond donors (Lipinski definition) is 0. The third kappa shape index (κ3) is 3.56. The van der Waals surface area contributed by atoms with Gasteiger partial charge in [-0.15, -0.1) is 0 Å². The Morgan fingerprint density at radius 2 is 2.13 bits per heavy atom. The zero-order valence-electron chi connectivity index (χ0n) is 13.9. The Hall–Kier alpha value is -1.46. The van der Waals surface area contributed by atoms with Gasteiger partial charge in [-0.1, -0.05) is 19.1 Å². The third-order valence-electron chi connectivity index (χ3n) is 4.59. The van der Waals surface area contributed by atoms with E-state index in [2.05, 4.69) is 17.9 Å². The molecule has 0 radical (unpaired) electrons. The number of fused-ring (bicyclic) bond motifs is 1. The average Bonchev–Trinajstić information content (AvgIpc) is 2.64. The second kappa shape index (κ2) is 6.57. The van der Waals surface area contributed by atoms with Crippen LogP contribution in [0.4, 0.5) is 0 Å². The van der Waals surface area contributed by atoms with Crippen LogP contribution in [0.3, 0.4) is 0 Å². The summed E-state index contributed by atoms with van der Waals surface area (Å²) < 4.78 is 17.3. The summed E-state index contributed by atoms with van der Waals surface area (Å²) in [5, 5.41) is 1.01. The SMILES string of the molecule is Cc1ccc2c(CN3CC[S@@](=O)C[C@H](C)C3)cc(=O)oc2c1C. The molecule has 0 spiro atoms. The lowest BCUT2D eigenvalue weighted by atomic mass is 10.0. The van der Waals surface area contributed by atoms with Crippen LogP contribution in [0.25, 0.3) is 11.0 Å². The van der Waals surface area contributed by atoms with Gasteiger partial charge in [-0.05, 0) is 36.5 Å². The summed E-state index contributed by atoms with van der Waals surface area (Å²) in [5.41, 5.74) is 3.54. The average molecular weight is 333 g/mol. The van der Waals surface area contributed by atoms with Crippen molar-refractivity contribution in [2.24, 2.45) is 5.92 Å². The largest absolute Gasteiger partial charge is 0.422 e. The molecule has 1 fully saturated rings. The highest BCUT2D eigenvalue weighted by Crippen LogP contribution is 2.24. The van der Waals surface area contributed by atoms with Crippen molar-refractivity contribution >= 4 is 21.8 Å². The lowest BCUT2D eigenvalue weighted by Crippen LogP contribution is -2.29. The highest BCUT2D eigenvalue weighted by Gasteiger charge is 2.20. The molecule has 1 aromatic heterocycles. The second-order valence-corrected chi connectivity index (χ2v) is 8.25. The predicted octanol–water partition coefficient (Wildman–Crippen LogP) is 2.61. The van der Waals surface area contributed by atoms with Crippen molar-refractivity contribution < 1.29 is 8.63 Å². The molecule has 3 rings (SSSR count). The molecule has 0 aliphatic carbocycles. The maximum absolute atomic E-state index is 12.0. The number of hydrogen-bond acceptors (Lipinski definition) is 4. The van der Waals surface area contributed by atoms with E-state index in [0.29, 0.717) is 23.8 Å². The topological polar surface area (TPSA) is 50.5 Å². The van der Waals surface area contributed by atoms with Gasteiger partial charge in [-0.3, -0.25) is 9.11 Å². The molecule has 1 aliphatic rings. The number of nitrogens with zero attached hydrogens (tertiary/aromatic N) is 1. The Bertz CT molecular complexity index is 812. The molecule has 0 amide bonds. The highest BCUT2D eigenvalue weighted by atomic mass is 32.2. The molecule has 2 heterocycles. The molecule has 0 saturated carbocycles. The van der Waals surface area contributed by atoms with Gasteiger partial charge in [0.2, 0.25) is 0 Å². The predicted molar refractivity (Wildman–Crippen MR) is 94.3 cm³/mol. The molecule has 1 aliphatic heterocycles. The quantitative estimate of drug-likeness (QED) is 0.793. The van der Waals surface area contributed by atoms with Crippen LogP contribution < -0.4 is 5.63 Å². The normalized spacial score (nSPS) is 23.1. The molecule has 5 heteroatoms. The van der Waals surface area contributed by atoms with Crippen molar-refractivity contribution in [1.82, 2.24) is 4.90 Å². The lowest BCUT2D eigenvalue weighted by Gasteiger charge is -2.22. The fraction of sp³-hybridized carbons (Fsp3) is 0.500. The van der Waals surface area contributed by atoms with Gasteiger partial charge in [0.1, 0.15) is 5.58 Å². The highest BCUT2D eigenvalue weighted by molar-refractivity contribution is 7.85. The van der Waals surface area contributed by atoms with E-state index in [1.807, 2.05) is 19.9 Å². The Morgan fingerprint density at radius 3 is 2.91 bits per heavy atom.